The van der Waals surface area contributed by atoms with Crippen molar-refractivity contribution in [2.45, 2.75) is 257 Å². The van der Waals surface area contributed by atoms with Crippen LogP contribution in [0.1, 0.15) is 91.9 Å². The van der Waals surface area contributed by atoms with Crippen molar-refractivity contribution in [3.8, 4) is 0 Å². The highest BCUT2D eigenvalue weighted by molar-refractivity contribution is 5.15. The second-order valence-corrected chi connectivity index (χ2v) is 26.6. The molecule has 4 aliphatic carbocycles. The molecule has 28 nitrogen and oxygen atoms in total. The van der Waals surface area contributed by atoms with Crippen LogP contribution >= 0.6 is 0 Å². The van der Waals surface area contributed by atoms with Gasteiger partial charge in [0.1, 0.15) is 116 Å². The summed E-state index contributed by atoms with van der Waals surface area (Å²) in [6.45, 7) is 5.31. The standard InChI is InChI=1S/C56H94O28/c1-21(19-74-49-43(70)39(66)36(63)30(15-57)77-49)7-12-56(73)22(2)34-29(84-56)14-27-25-6-5-23-13-24(8-10-54(23,3)26(25)9-11-55(27,34)4)76-51-45(72)41(68)46(33(18-60)80-51)81-53-48(83-52-44(71)40(67)37(64)31(16-58)78-52)47(38(65)32(17-59)79-53)82-50-42(69)35(62)28(61)20-75-50/h21-53,57-73H,5-20H2,1-4H3/t21-,22+,23+,24+,25-,26+,27+,28-,29+,30-,31-,32-,33-,34+,35+,36+,37-,38-,39+,40+,41-,42-,43-,44-,45-,46-,47+,48-,49-,50+,51-,52+,53+,54+,55+,56-/m1/s1. The molecule has 0 amide bonds. The van der Waals surface area contributed by atoms with Gasteiger partial charge in [0.05, 0.1) is 51.8 Å². The molecule has 0 aromatic rings. The van der Waals surface area contributed by atoms with Crippen LogP contribution < -0.4 is 0 Å². The summed E-state index contributed by atoms with van der Waals surface area (Å²) in [6.07, 6.45) is -33.1. The molecule has 4 saturated carbocycles. The third-order valence-corrected chi connectivity index (χ3v) is 21.8. The van der Waals surface area contributed by atoms with Crippen molar-refractivity contribution in [3.05, 3.63) is 0 Å². The highest BCUT2D eigenvalue weighted by Crippen LogP contribution is 2.71. The van der Waals surface area contributed by atoms with Crippen molar-refractivity contribution in [1.82, 2.24) is 0 Å². The number of hydrogen-bond acceptors (Lipinski definition) is 28. The van der Waals surface area contributed by atoms with Gasteiger partial charge in [-0.1, -0.05) is 27.7 Å². The summed E-state index contributed by atoms with van der Waals surface area (Å²) in [5.74, 6) is 0.0903. The molecule has 0 bridgehead atoms. The predicted molar refractivity (Wildman–Crippen MR) is 278 cm³/mol. The van der Waals surface area contributed by atoms with Gasteiger partial charge in [0, 0.05) is 12.3 Å². The summed E-state index contributed by atoms with van der Waals surface area (Å²) in [5.41, 5.74) is -0.0852. The van der Waals surface area contributed by atoms with Crippen molar-refractivity contribution in [1.29, 1.82) is 0 Å². The molecule has 28 heteroatoms. The van der Waals surface area contributed by atoms with Crippen LogP contribution in [0.2, 0.25) is 0 Å². The van der Waals surface area contributed by atoms with E-state index in [9.17, 15) is 86.8 Å². The molecule has 10 rings (SSSR count). The number of ether oxygens (including phenoxy) is 11. The van der Waals surface area contributed by atoms with Crippen molar-refractivity contribution in [2.24, 2.45) is 52.3 Å². The predicted octanol–water partition coefficient (Wildman–Crippen LogP) is -5.49. The summed E-state index contributed by atoms with van der Waals surface area (Å²) in [7, 11) is 0. The monoisotopic (exact) mass is 1210 g/mol. The van der Waals surface area contributed by atoms with Gasteiger partial charge in [0.25, 0.3) is 0 Å². The maximum atomic E-state index is 12.1. The second-order valence-electron chi connectivity index (χ2n) is 26.6. The quantitative estimate of drug-likeness (QED) is 0.0569. The van der Waals surface area contributed by atoms with E-state index >= 15 is 0 Å². The third kappa shape index (κ3) is 12.1. The lowest BCUT2D eigenvalue weighted by Crippen LogP contribution is -2.68. The van der Waals surface area contributed by atoms with Crippen LogP contribution in [0, 0.1) is 52.3 Å². The minimum absolute atomic E-state index is 0.0288. The summed E-state index contributed by atoms with van der Waals surface area (Å²) in [6, 6.07) is 0. The van der Waals surface area contributed by atoms with Gasteiger partial charge in [0.15, 0.2) is 37.2 Å². The maximum absolute atomic E-state index is 12.1. The van der Waals surface area contributed by atoms with Crippen LogP contribution in [0.25, 0.3) is 0 Å². The molecule has 10 fully saturated rings. The van der Waals surface area contributed by atoms with Crippen molar-refractivity contribution in [3.63, 3.8) is 0 Å². The Morgan fingerprint density at radius 1 is 0.512 bits per heavy atom. The topological polar surface area (TPSA) is 445 Å². The lowest BCUT2D eigenvalue weighted by Gasteiger charge is -2.61. The molecule has 486 valence electrons. The van der Waals surface area contributed by atoms with Crippen LogP contribution in [0.4, 0.5) is 0 Å². The molecule has 17 N–H and O–H groups in total. The average molecular weight is 1220 g/mol. The molecular formula is C56H94O28. The Labute approximate surface area is 487 Å². The Morgan fingerprint density at radius 3 is 1.73 bits per heavy atom. The highest BCUT2D eigenvalue weighted by Gasteiger charge is 2.69. The van der Waals surface area contributed by atoms with E-state index in [1.54, 1.807) is 0 Å². The smallest absolute Gasteiger partial charge is 0.187 e. The summed E-state index contributed by atoms with van der Waals surface area (Å²) in [4.78, 5) is 0. The first-order chi connectivity index (χ1) is 39.8. The van der Waals surface area contributed by atoms with Gasteiger partial charge in [-0.15, -0.1) is 0 Å². The normalized spacial score (nSPS) is 55.4. The Kier molecular flexibility index (Phi) is 20.6. The molecule has 36 atom stereocenters. The molecule has 0 radical (unpaired) electrons. The fourth-order valence-electron chi connectivity index (χ4n) is 16.8. The molecule has 6 saturated heterocycles. The van der Waals surface area contributed by atoms with Crippen LogP contribution in [0.5, 0.6) is 0 Å². The van der Waals surface area contributed by atoms with E-state index in [4.69, 9.17) is 52.1 Å². The minimum atomic E-state index is -2.02. The lowest BCUT2D eigenvalue weighted by atomic mass is 9.44. The number of aliphatic hydroxyl groups is 17. The Balaban J connectivity index is 0.759. The average Bonchev–Trinajstić information content (AvgIpc) is 2.08. The van der Waals surface area contributed by atoms with Crippen LogP contribution in [-0.2, 0) is 52.1 Å². The molecule has 0 unspecified atom stereocenters. The van der Waals surface area contributed by atoms with E-state index in [1.807, 2.05) is 6.92 Å². The van der Waals surface area contributed by atoms with Gasteiger partial charge in [-0.25, -0.2) is 0 Å². The molecule has 0 spiro atoms. The number of fused-ring (bicyclic) bond motifs is 7. The SMILES string of the molecule is C[C@H](CC[C@@]1(O)O[C@H]2C[C@H]3[C@@H]4CC[C@H]5C[C@@H](O[C@@H]6O[C@H](CO)[C@@H](O[C@@H]7O[C@H](CO)[C@@H](O)[C@H](O[C@@H]8OC[C@@H](O)[C@H](O)[C@H]8O)[C@H]7O[C@@H]7O[C@H](CO)[C@@H](O)[C@H](O)[C@H]7O)[C@H](O)[C@H]6O)CC[C@]5(C)[C@H]4CC[C@]3(C)[C@H]2[C@@H]1C)CO[C@@H]1O[C@H](CO)[C@H](O)[C@H](O)[C@H]1O. The van der Waals surface area contributed by atoms with Crippen molar-refractivity contribution >= 4 is 0 Å². The second kappa shape index (κ2) is 26.2. The summed E-state index contributed by atoms with van der Waals surface area (Å²) >= 11 is 0. The fraction of sp³-hybridized carbons (Fsp3) is 1.00. The van der Waals surface area contributed by atoms with Crippen LogP contribution in [-0.4, -0.2) is 292 Å². The van der Waals surface area contributed by atoms with Gasteiger partial charge in [-0.2, -0.15) is 0 Å². The summed E-state index contributed by atoms with van der Waals surface area (Å²) < 4.78 is 65.9. The van der Waals surface area contributed by atoms with Crippen molar-refractivity contribution in [2.75, 3.05) is 39.6 Å². The minimum Gasteiger partial charge on any atom is -0.394 e. The lowest BCUT2D eigenvalue weighted by molar-refractivity contribution is -0.404. The molecule has 84 heavy (non-hydrogen) atoms. The fourth-order valence-corrected chi connectivity index (χ4v) is 16.8. The first-order valence-corrected chi connectivity index (χ1v) is 30.3. The first-order valence-electron chi connectivity index (χ1n) is 30.3. The summed E-state index contributed by atoms with van der Waals surface area (Å²) in [5, 5.41) is 182. The van der Waals surface area contributed by atoms with E-state index in [0.29, 0.717) is 43.4 Å². The van der Waals surface area contributed by atoms with E-state index in [1.165, 1.54) is 0 Å². The first kappa shape index (κ1) is 65.8. The highest BCUT2D eigenvalue weighted by atomic mass is 16.8. The van der Waals surface area contributed by atoms with Gasteiger partial charge in [-0.05, 0) is 104 Å². The van der Waals surface area contributed by atoms with Gasteiger partial charge < -0.3 is 139 Å². The Hall–Kier alpha value is -1.12. The molecule has 6 heterocycles. The zero-order valence-corrected chi connectivity index (χ0v) is 48.0. The Morgan fingerprint density at radius 2 is 1.06 bits per heavy atom. The molecule has 0 aromatic carbocycles. The number of rotatable bonds is 18. The molecule has 0 aromatic heterocycles. The van der Waals surface area contributed by atoms with E-state index in [2.05, 4.69) is 20.8 Å². The zero-order chi connectivity index (χ0) is 60.6. The Bertz CT molecular complexity index is 2140. The van der Waals surface area contributed by atoms with E-state index in [0.717, 1.165) is 38.5 Å². The third-order valence-electron chi connectivity index (χ3n) is 21.8. The van der Waals surface area contributed by atoms with Gasteiger partial charge >= 0.3 is 0 Å². The zero-order valence-electron chi connectivity index (χ0n) is 48.0. The van der Waals surface area contributed by atoms with Crippen LogP contribution in [0.3, 0.4) is 0 Å². The maximum Gasteiger partial charge on any atom is 0.187 e. The largest absolute Gasteiger partial charge is 0.394 e. The molecule has 6 aliphatic heterocycles. The molecular weight excluding hydrogens is 1120 g/mol. The van der Waals surface area contributed by atoms with E-state index < -0.39 is 192 Å². The van der Waals surface area contributed by atoms with E-state index in [-0.39, 0.29) is 47.2 Å². The number of hydrogen-bond donors (Lipinski definition) is 17. The molecule has 10 aliphatic rings. The number of aliphatic hydroxyl groups excluding tert-OH is 16. The van der Waals surface area contributed by atoms with Crippen molar-refractivity contribution < 1.29 is 139 Å². The van der Waals surface area contributed by atoms with Crippen LogP contribution in [0.15, 0.2) is 0 Å². The van der Waals surface area contributed by atoms with Gasteiger partial charge in [0.2, 0.25) is 0 Å². The van der Waals surface area contributed by atoms with Gasteiger partial charge in [-0.3, -0.25) is 0 Å².